The lowest BCUT2D eigenvalue weighted by molar-refractivity contribution is 0.487. The van der Waals surface area contributed by atoms with Crippen LogP contribution in [0.1, 0.15) is 13.3 Å². The Labute approximate surface area is 63.4 Å². The Morgan fingerprint density at radius 2 is 2.30 bits per heavy atom. The lowest BCUT2D eigenvalue weighted by Crippen LogP contribution is -2.23. The van der Waals surface area contributed by atoms with Gasteiger partial charge in [0.25, 0.3) is 0 Å². The first-order valence-corrected chi connectivity index (χ1v) is 4.73. The Kier molecular flexibility index (Phi) is 5.82. The number of hydrogen-bond acceptors (Lipinski definition) is 2. The molecule has 10 heavy (non-hydrogen) atoms. The first kappa shape index (κ1) is 10.0. The van der Waals surface area contributed by atoms with Gasteiger partial charge in [-0.3, -0.25) is 8.60 Å². The van der Waals surface area contributed by atoms with Crippen LogP contribution in [-0.2, 0) is 10.8 Å². The highest BCUT2D eigenvalue weighted by molar-refractivity contribution is 7.85. The van der Waals surface area contributed by atoms with E-state index in [4.69, 9.17) is 5.73 Å². The van der Waals surface area contributed by atoms with E-state index in [1.165, 1.54) is 0 Å². The summed E-state index contributed by atoms with van der Waals surface area (Å²) in [5, 5.41) is 0.00606. The average molecular weight is 167 g/mol. The highest BCUT2D eigenvalue weighted by Gasteiger charge is 2.07. The van der Waals surface area contributed by atoms with Crippen molar-refractivity contribution in [2.45, 2.75) is 18.6 Å². The molecule has 0 aromatic carbocycles. The Hall–Kier alpha value is 0.0400. The lowest BCUT2D eigenvalue weighted by Gasteiger charge is -2.06. The van der Waals surface area contributed by atoms with Gasteiger partial charge < -0.3 is 5.73 Å². The third-order valence-corrected chi connectivity index (χ3v) is 3.04. The zero-order valence-electron chi connectivity index (χ0n) is 6.18. The molecule has 0 rings (SSSR count). The molecule has 0 fully saturated rings. The van der Waals surface area contributed by atoms with E-state index in [-0.39, 0.29) is 11.9 Å². The number of alkyl halides is 1. The number of hydrogen-bond donors (Lipinski definition) is 1. The van der Waals surface area contributed by atoms with E-state index in [0.29, 0.717) is 18.7 Å². The van der Waals surface area contributed by atoms with E-state index in [1.54, 1.807) is 0 Å². The van der Waals surface area contributed by atoms with Crippen LogP contribution in [0.15, 0.2) is 0 Å². The third kappa shape index (κ3) is 3.95. The normalized spacial score (nSPS) is 16.7. The van der Waals surface area contributed by atoms with Crippen molar-refractivity contribution in [3.63, 3.8) is 0 Å². The summed E-state index contributed by atoms with van der Waals surface area (Å²) in [4.78, 5) is 0. The molecule has 0 saturated heterocycles. The van der Waals surface area contributed by atoms with Crippen LogP contribution in [0.5, 0.6) is 0 Å². The van der Waals surface area contributed by atoms with Gasteiger partial charge in [0.05, 0.1) is 6.67 Å². The second-order valence-corrected chi connectivity index (χ2v) is 4.15. The topological polar surface area (TPSA) is 43.1 Å². The summed E-state index contributed by atoms with van der Waals surface area (Å²) in [6.07, 6.45) is 0.386. The minimum atomic E-state index is -0.930. The molecule has 0 aliphatic rings. The smallest absolute Gasteiger partial charge is 0.0903 e. The van der Waals surface area contributed by atoms with Crippen molar-refractivity contribution >= 4 is 10.8 Å². The van der Waals surface area contributed by atoms with Crippen LogP contribution in [0.3, 0.4) is 0 Å². The Morgan fingerprint density at radius 1 is 1.70 bits per heavy atom. The van der Waals surface area contributed by atoms with Crippen molar-refractivity contribution in [1.29, 1.82) is 0 Å². The molecule has 2 N–H and O–H groups in total. The lowest BCUT2D eigenvalue weighted by atomic mass is 10.5. The predicted molar refractivity (Wildman–Crippen MR) is 42.1 cm³/mol. The van der Waals surface area contributed by atoms with Crippen molar-refractivity contribution in [2.24, 2.45) is 5.73 Å². The quantitative estimate of drug-likeness (QED) is 0.645. The molecule has 62 valence electrons. The van der Waals surface area contributed by atoms with Gasteiger partial charge in [0.1, 0.15) is 0 Å². The maximum Gasteiger partial charge on any atom is 0.0903 e. The second kappa shape index (κ2) is 5.80. The molecule has 0 bridgehead atoms. The molecule has 0 spiro atoms. The highest BCUT2D eigenvalue weighted by atomic mass is 32.2. The van der Waals surface area contributed by atoms with Crippen molar-refractivity contribution in [3.8, 4) is 0 Å². The molecular weight excluding hydrogens is 153 g/mol. The van der Waals surface area contributed by atoms with Crippen molar-refractivity contribution in [2.75, 3.05) is 19.0 Å². The number of rotatable bonds is 5. The minimum absolute atomic E-state index is 0.00606. The Bertz CT molecular complexity index is 110. The molecule has 4 heteroatoms. The van der Waals surface area contributed by atoms with Crippen molar-refractivity contribution < 1.29 is 8.60 Å². The van der Waals surface area contributed by atoms with Gasteiger partial charge in [-0.2, -0.15) is 0 Å². The van der Waals surface area contributed by atoms with E-state index in [0.717, 1.165) is 0 Å². The van der Waals surface area contributed by atoms with Gasteiger partial charge in [-0.15, -0.1) is 0 Å². The van der Waals surface area contributed by atoms with Crippen LogP contribution in [-0.4, -0.2) is 28.4 Å². The van der Waals surface area contributed by atoms with Gasteiger partial charge in [-0.1, -0.05) is 0 Å². The van der Waals surface area contributed by atoms with Crippen LogP contribution < -0.4 is 5.73 Å². The van der Waals surface area contributed by atoms with E-state index in [1.807, 2.05) is 6.92 Å². The standard InChI is InChI=1S/C6H14FNOS/c1-6(5-8)10(9)4-2-3-7/h6H,2-5,8H2,1H3. The maximum atomic E-state index is 11.6. The predicted octanol–water partition coefficient (Wildman–Crippen LogP) is 0.442. The zero-order chi connectivity index (χ0) is 7.98. The summed E-state index contributed by atoms with van der Waals surface area (Å²) >= 11 is 0. The minimum Gasteiger partial charge on any atom is -0.329 e. The molecule has 0 aliphatic heterocycles. The zero-order valence-corrected chi connectivity index (χ0v) is 6.99. The maximum absolute atomic E-state index is 11.6. The van der Waals surface area contributed by atoms with Crippen molar-refractivity contribution in [3.05, 3.63) is 0 Å². The van der Waals surface area contributed by atoms with Crippen LogP contribution in [0.2, 0.25) is 0 Å². The molecule has 0 aliphatic carbocycles. The van der Waals surface area contributed by atoms with Gasteiger partial charge in [0.15, 0.2) is 0 Å². The van der Waals surface area contributed by atoms with Gasteiger partial charge >= 0.3 is 0 Å². The fourth-order valence-electron chi connectivity index (χ4n) is 0.505. The molecule has 0 saturated carbocycles. The van der Waals surface area contributed by atoms with Gasteiger partial charge in [0, 0.05) is 28.3 Å². The van der Waals surface area contributed by atoms with Gasteiger partial charge in [-0.05, 0) is 13.3 Å². The molecule has 0 aromatic heterocycles. The van der Waals surface area contributed by atoms with E-state index >= 15 is 0 Å². The molecule has 2 atom stereocenters. The summed E-state index contributed by atoms with van der Waals surface area (Å²) < 4.78 is 22.6. The second-order valence-electron chi connectivity index (χ2n) is 2.17. The first-order valence-electron chi connectivity index (χ1n) is 3.35. The van der Waals surface area contributed by atoms with Crippen LogP contribution in [0.4, 0.5) is 4.39 Å². The number of halogens is 1. The van der Waals surface area contributed by atoms with Crippen LogP contribution >= 0.6 is 0 Å². The van der Waals surface area contributed by atoms with Crippen LogP contribution in [0, 0.1) is 0 Å². The van der Waals surface area contributed by atoms with E-state index < -0.39 is 10.8 Å². The molecule has 0 radical (unpaired) electrons. The first-order chi connectivity index (χ1) is 4.72. The summed E-state index contributed by atoms with van der Waals surface area (Å²) in [6, 6.07) is 0. The monoisotopic (exact) mass is 167 g/mol. The van der Waals surface area contributed by atoms with E-state index in [9.17, 15) is 8.60 Å². The Morgan fingerprint density at radius 3 is 2.70 bits per heavy atom. The average Bonchev–Trinajstić information content (AvgIpc) is 1.98. The summed E-state index contributed by atoms with van der Waals surface area (Å²) in [5.74, 6) is 0.439. The van der Waals surface area contributed by atoms with Gasteiger partial charge in [-0.25, -0.2) is 0 Å². The molecule has 0 aromatic rings. The fourth-order valence-corrected chi connectivity index (χ4v) is 1.52. The molecule has 2 nitrogen and oxygen atoms in total. The SMILES string of the molecule is CC(CN)S(=O)CCCF. The molecule has 2 unspecified atom stereocenters. The summed E-state index contributed by atoms with van der Waals surface area (Å²) in [7, 11) is -0.930. The fraction of sp³-hybridized carbons (Fsp3) is 1.00. The van der Waals surface area contributed by atoms with Crippen molar-refractivity contribution in [1.82, 2.24) is 0 Å². The summed E-state index contributed by atoms with van der Waals surface area (Å²) in [6.45, 7) is 1.84. The van der Waals surface area contributed by atoms with Crippen LogP contribution in [0.25, 0.3) is 0 Å². The Balaban J connectivity index is 3.42. The summed E-state index contributed by atoms with van der Waals surface area (Å²) in [5.41, 5.74) is 5.26. The van der Waals surface area contributed by atoms with Gasteiger partial charge in [0.2, 0.25) is 0 Å². The van der Waals surface area contributed by atoms with E-state index in [2.05, 4.69) is 0 Å². The number of nitrogens with two attached hydrogens (primary N) is 1. The molecule has 0 heterocycles. The third-order valence-electron chi connectivity index (χ3n) is 1.26. The molecular formula is C6H14FNOS. The molecule has 0 amide bonds. The highest BCUT2D eigenvalue weighted by Crippen LogP contribution is 1.96. The largest absolute Gasteiger partial charge is 0.329 e.